The molecule has 0 aliphatic carbocycles. The summed E-state index contributed by atoms with van der Waals surface area (Å²) in [6, 6.07) is 0. The Morgan fingerprint density at radius 3 is 2.18 bits per heavy atom. The van der Waals surface area contributed by atoms with Crippen molar-refractivity contribution in [2.24, 2.45) is 11.3 Å². The fourth-order valence-corrected chi connectivity index (χ4v) is 0.555. The van der Waals surface area contributed by atoms with Crippen LogP contribution in [-0.2, 0) is 9.47 Å². The van der Waals surface area contributed by atoms with Crippen LogP contribution in [0.5, 0.6) is 0 Å². The zero-order chi connectivity index (χ0) is 8.91. The maximum absolute atomic E-state index is 5.29. The van der Waals surface area contributed by atoms with Gasteiger partial charge in [0.2, 0.25) is 0 Å². The van der Waals surface area contributed by atoms with E-state index in [1.807, 2.05) is 0 Å². The first-order valence-corrected chi connectivity index (χ1v) is 4.07. The summed E-state index contributed by atoms with van der Waals surface area (Å²) in [5, 5.41) is 0. The van der Waals surface area contributed by atoms with Gasteiger partial charge in [0.25, 0.3) is 0 Å². The van der Waals surface area contributed by atoms with Gasteiger partial charge >= 0.3 is 0 Å². The third-order valence-electron chi connectivity index (χ3n) is 2.24. The Morgan fingerprint density at radius 1 is 1.27 bits per heavy atom. The average Bonchev–Trinajstić information content (AvgIpc) is 1.88. The van der Waals surface area contributed by atoms with Crippen molar-refractivity contribution in [1.82, 2.24) is 0 Å². The molecule has 0 N–H and O–H groups in total. The van der Waals surface area contributed by atoms with Crippen molar-refractivity contribution in [3.63, 3.8) is 0 Å². The van der Waals surface area contributed by atoms with Gasteiger partial charge in [0, 0.05) is 7.11 Å². The van der Waals surface area contributed by atoms with Gasteiger partial charge in [-0.2, -0.15) is 0 Å². The summed E-state index contributed by atoms with van der Waals surface area (Å²) in [7, 11) is 1.64. The maximum atomic E-state index is 5.29. The molecule has 2 nitrogen and oxygen atoms in total. The van der Waals surface area contributed by atoms with Crippen molar-refractivity contribution in [1.29, 1.82) is 0 Å². The lowest BCUT2D eigenvalue weighted by molar-refractivity contribution is -0.0666. The van der Waals surface area contributed by atoms with Crippen molar-refractivity contribution in [2.45, 2.75) is 27.7 Å². The largest absolute Gasteiger partial charge is 0.359 e. The quantitative estimate of drug-likeness (QED) is 0.454. The molecule has 68 valence electrons. The van der Waals surface area contributed by atoms with Crippen LogP contribution in [-0.4, -0.2) is 20.5 Å². The summed E-state index contributed by atoms with van der Waals surface area (Å²) in [4.78, 5) is 0. The van der Waals surface area contributed by atoms with Crippen LogP contribution in [0.15, 0.2) is 0 Å². The zero-order valence-electron chi connectivity index (χ0n) is 8.31. The van der Waals surface area contributed by atoms with Crippen molar-refractivity contribution in [3.8, 4) is 0 Å². The molecule has 0 aromatic rings. The second kappa shape index (κ2) is 4.73. The summed E-state index contributed by atoms with van der Waals surface area (Å²) in [5.74, 6) is 0.638. The van der Waals surface area contributed by atoms with E-state index in [1.54, 1.807) is 7.11 Å². The van der Waals surface area contributed by atoms with E-state index in [4.69, 9.17) is 9.47 Å². The Bertz CT molecular complexity index is 97.7. The number of hydrogen-bond acceptors (Lipinski definition) is 2. The molecule has 0 spiro atoms. The molecule has 11 heavy (non-hydrogen) atoms. The van der Waals surface area contributed by atoms with Gasteiger partial charge in [0.05, 0.1) is 6.61 Å². The number of ether oxygens (including phenoxy) is 2. The third-order valence-corrected chi connectivity index (χ3v) is 2.24. The predicted octanol–water partition coefficient (Wildman–Crippen LogP) is 2.29. The molecule has 0 aliphatic heterocycles. The minimum absolute atomic E-state index is 0.249. The van der Waals surface area contributed by atoms with Gasteiger partial charge < -0.3 is 9.47 Å². The highest BCUT2D eigenvalue weighted by atomic mass is 16.7. The molecule has 0 saturated heterocycles. The monoisotopic (exact) mass is 160 g/mol. The van der Waals surface area contributed by atoms with E-state index in [2.05, 4.69) is 27.7 Å². The van der Waals surface area contributed by atoms with Crippen LogP contribution in [0.4, 0.5) is 0 Å². The normalized spacial score (nSPS) is 12.5. The van der Waals surface area contributed by atoms with Crippen molar-refractivity contribution >= 4 is 0 Å². The van der Waals surface area contributed by atoms with Crippen LogP contribution in [0, 0.1) is 11.3 Å². The average molecular weight is 160 g/mol. The second-order valence-corrected chi connectivity index (χ2v) is 3.90. The third kappa shape index (κ3) is 4.38. The van der Waals surface area contributed by atoms with E-state index in [0.717, 1.165) is 6.61 Å². The van der Waals surface area contributed by atoms with Crippen molar-refractivity contribution < 1.29 is 9.47 Å². The van der Waals surface area contributed by atoms with Gasteiger partial charge in [0.15, 0.2) is 0 Å². The van der Waals surface area contributed by atoms with Crippen LogP contribution in [0.25, 0.3) is 0 Å². The molecule has 0 atom stereocenters. The van der Waals surface area contributed by atoms with E-state index in [0.29, 0.717) is 12.7 Å². The summed E-state index contributed by atoms with van der Waals surface area (Å²) >= 11 is 0. The lowest BCUT2D eigenvalue weighted by atomic mass is 9.82. The molecule has 0 unspecified atom stereocenters. The van der Waals surface area contributed by atoms with Gasteiger partial charge in [-0.25, -0.2) is 0 Å². The van der Waals surface area contributed by atoms with Crippen LogP contribution in [0.2, 0.25) is 0 Å². The molecule has 0 rings (SSSR count). The van der Waals surface area contributed by atoms with Crippen LogP contribution >= 0.6 is 0 Å². The lowest BCUT2D eigenvalue weighted by Gasteiger charge is -2.28. The second-order valence-electron chi connectivity index (χ2n) is 3.90. The number of hydrogen-bond donors (Lipinski definition) is 0. The topological polar surface area (TPSA) is 18.5 Å². The van der Waals surface area contributed by atoms with Crippen LogP contribution < -0.4 is 0 Å². The Balaban J connectivity index is 3.55. The van der Waals surface area contributed by atoms with E-state index >= 15 is 0 Å². The van der Waals surface area contributed by atoms with Crippen molar-refractivity contribution in [2.75, 3.05) is 20.5 Å². The summed E-state index contributed by atoms with van der Waals surface area (Å²) in [6.45, 7) is 9.97. The smallest absolute Gasteiger partial charge is 0.146 e. The highest BCUT2D eigenvalue weighted by Crippen LogP contribution is 2.25. The minimum atomic E-state index is 0.249. The first-order valence-electron chi connectivity index (χ1n) is 4.07. The first kappa shape index (κ1) is 10.9. The molecule has 0 saturated carbocycles. The summed E-state index contributed by atoms with van der Waals surface area (Å²) < 4.78 is 10.1. The van der Waals surface area contributed by atoms with E-state index in [9.17, 15) is 0 Å². The zero-order valence-corrected chi connectivity index (χ0v) is 8.31. The minimum Gasteiger partial charge on any atom is -0.359 e. The molecule has 0 aliphatic rings. The highest BCUT2D eigenvalue weighted by molar-refractivity contribution is 4.70. The highest BCUT2D eigenvalue weighted by Gasteiger charge is 2.22. The number of rotatable bonds is 5. The maximum Gasteiger partial charge on any atom is 0.146 e. The molecular weight excluding hydrogens is 140 g/mol. The van der Waals surface area contributed by atoms with Gasteiger partial charge in [-0.1, -0.05) is 27.7 Å². The Hall–Kier alpha value is -0.0800. The predicted molar refractivity (Wildman–Crippen MR) is 46.4 cm³/mol. The van der Waals surface area contributed by atoms with Gasteiger partial charge in [0.1, 0.15) is 6.79 Å². The summed E-state index contributed by atoms with van der Waals surface area (Å²) in [5.41, 5.74) is 0.249. The molecule has 0 bridgehead atoms. The van der Waals surface area contributed by atoms with Crippen LogP contribution in [0.3, 0.4) is 0 Å². The van der Waals surface area contributed by atoms with E-state index < -0.39 is 0 Å². The molecule has 2 heteroatoms. The molecule has 0 fully saturated rings. The molecule has 0 aromatic carbocycles. The standard InChI is InChI=1S/C9H20O2/c1-8(2)9(3,4)6-11-7-10-5/h8H,6-7H2,1-5H3. The lowest BCUT2D eigenvalue weighted by Crippen LogP contribution is -2.25. The SMILES string of the molecule is COCOCC(C)(C)C(C)C. The number of methoxy groups -OCH3 is 1. The molecular formula is C9H20O2. The van der Waals surface area contributed by atoms with Gasteiger partial charge in [-0.15, -0.1) is 0 Å². The Kier molecular flexibility index (Phi) is 4.69. The van der Waals surface area contributed by atoms with Crippen molar-refractivity contribution in [3.05, 3.63) is 0 Å². The Morgan fingerprint density at radius 2 is 1.82 bits per heavy atom. The first-order chi connectivity index (χ1) is 5.00. The fraction of sp³-hybridized carbons (Fsp3) is 1.00. The van der Waals surface area contributed by atoms with Crippen LogP contribution in [0.1, 0.15) is 27.7 Å². The summed E-state index contributed by atoms with van der Waals surface area (Å²) in [6.07, 6.45) is 0. The van der Waals surface area contributed by atoms with E-state index in [-0.39, 0.29) is 5.41 Å². The van der Waals surface area contributed by atoms with Gasteiger partial charge in [-0.05, 0) is 11.3 Å². The fourth-order valence-electron chi connectivity index (χ4n) is 0.555. The van der Waals surface area contributed by atoms with Gasteiger partial charge in [-0.3, -0.25) is 0 Å². The Labute approximate surface area is 69.9 Å². The molecule has 0 amide bonds. The molecule has 0 radical (unpaired) electrons. The molecule has 0 aromatic heterocycles. The molecule has 0 heterocycles. The van der Waals surface area contributed by atoms with E-state index in [1.165, 1.54) is 0 Å².